The van der Waals surface area contributed by atoms with Gasteiger partial charge in [0.05, 0.1) is 35.7 Å². The summed E-state index contributed by atoms with van der Waals surface area (Å²) in [5.41, 5.74) is 2.16. The van der Waals surface area contributed by atoms with E-state index in [0.29, 0.717) is 34.5 Å². The summed E-state index contributed by atoms with van der Waals surface area (Å²) >= 11 is 5.82. The number of halogens is 1. The molecule has 26 heavy (non-hydrogen) atoms. The number of rotatable bonds is 3. The van der Waals surface area contributed by atoms with Gasteiger partial charge in [0.2, 0.25) is 0 Å². The molecule has 2 aromatic rings. The van der Waals surface area contributed by atoms with E-state index in [1.807, 2.05) is 32.9 Å². The smallest absolute Gasteiger partial charge is 0.148 e. The Bertz CT molecular complexity index is 863. The summed E-state index contributed by atoms with van der Waals surface area (Å²) in [6, 6.07) is 5.50. The first-order valence-electron chi connectivity index (χ1n) is 8.10. The van der Waals surface area contributed by atoms with Crippen molar-refractivity contribution in [3.63, 3.8) is 0 Å². The van der Waals surface area contributed by atoms with Gasteiger partial charge in [-0.05, 0) is 32.9 Å². The molecule has 1 aliphatic rings. The molecular formula is C18H20ClN3O3S. The molecule has 0 radical (unpaired) electrons. The van der Waals surface area contributed by atoms with Gasteiger partial charge in [-0.3, -0.25) is 4.98 Å². The molecule has 2 heterocycles. The second-order valence-corrected chi connectivity index (χ2v) is 9.13. The van der Waals surface area contributed by atoms with Crippen LogP contribution >= 0.6 is 11.6 Å². The SMILES string of the molecule is COc1ccc2c(c1)O[C@@H](c1cnc(Cl)cn1)C/C2=N\[S@@](=O)C(C)(C)C. The van der Waals surface area contributed by atoms with Gasteiger partial charge >= 0.3 is 0 Å². The molecule has 6 nitrogen and oxygen atoms in total. The number of benzene rings is 1. The van der Waals surface area contributed by atoms with Crippen molar-refractivity contribution in [3.05, 3.63) is 47.0 Å². The van der Waals surface area contributed by atoms with E-state index < -0.39 is 21.8 Å². The third-order valence-corrected chi connectivity index (χ3v) is 5.46. The van der Waals surface area contributed by atoms with Gasteiger partial charge < -0.3 is 9.47 Å². The number of hydrogen-bond donors (Lipinski definition) is 0. The Kier molecular flexibility index (Phi) is 5.29. The predicted octanol–water partition coefficient (Wildman–Crippen LogP) is 3.91. The van der Waals surface area contributed by atoms with Crippen LogP contribution in [0, 0.1) is 0 Å². The van der Waals surface area contributed by atoms with Crippen LogP contribution in [0.4, 0.5) is 0 Å². The lowest BCUT2D eigenvalue weighted by atomic mass is 9.98. The maximum atomic E-state index is 12.6. The molecule has 0 spiro atoms. The molecule has 1 aromatic carbocycles. The van der Waals surface area contributed by atoms with Gasteiger partial charge in [-0.1, -0.05) is 11.6 Å². The van der Waals surface area contributed by atoms with Crippen LogP contribution in [0.3, 0.4) is 0 Å². The van der Waals surface area contributed by atoms with Gasteiger partial charge in [-0.15, -0.1) is 0 Å². The zero-order chi connectivity index (χ0) is 18.9. The quantitative estimate of drug-likeness (QED) is 0.790. The van der Waals surface area contributed by atoms with Crippen molar-refractivity contribution in [1.82, 2.24) is 9.97 Å². The fraction of sp³-hybridized carbons (Fsp3) is 0.389. The van der Waals surface area contributed by atoms with Crippen molar-refractivity contribution in [3.8, 4) is 11.5 Å². The molecule has 0 aliphatic carbocycles. The molecular weight excluding hydrogens is 374 g/mol. The van der Waals surface area contributed by atoms with E-state index in [4.69, 9.17) is 21.1 Å². The van der Waals surface area contributed by atoms with Gasteiger partial charge in [0.15, 0.2) is 0 Å². The molecule has 0 saturated heterocycles. The topological polar surface area (TPSA) is 73.7 Å². The lowest BCUT2D eigenvalue weighted by molar-refractivity contribution is 0.200. The Hall–Kier alpha value is -1.99. The summed E-state index contributed by atoms with van der Waals surface area (Å²) in [6.07, 6.45) is 3.11. The van der Waals surface area contributed by atoms with Crippen LogP contribution in [-0.4, -0.2) is 31.7 Å². The molecule has 0 unspecified atom stereocenters. The Labute approximate surface area is 160 Å². The predicted molar refractivity (Wildman–Crippen MR) is 102 cm³/mol. The minimum Gasteiger partial charge on any atom is -0.497 e. The fourth-order valence-electron chi connectivity index (χ4n) is 2.42. The average molecular weight is 394 g/mol. The van der Waals surface area contributed by atoms with Crippen LogP contribution in [0.15, 0.2) is 35.0 Å². The number of fused-ring (bicyclic) bond motifs is 1. The number of hydrogen-bond acceptors (Lipinski definition) is 5. The third kappa shape index (κ3) is 4.04. The highest BCUT2D eigenvalue weighted by Crippen LogP contribution is 2.37. The van der Waals surface area contributed by atoms with E-state index in [0.717, 1.165) is 5.56 Å². The maximum absolute atomic E-state index is 12.6. The zero-order valence-electron chi connectivity index (χ0n) is 15.0. The maximum Gasteiger partial charge on any atom is 0.148 e. The third-order valence-electron chi connectivity index (χ3n) is 3.83. The van der Waals surface area contributed by atoms with E-state index in [1.165, 1.54) is 6.20 Å². The number of aromatic nitrogens is 2. The van der Waals surface area contributed by atoms with Crippen LogP contribution in [-0.2, 0) is 11.0 Å². The van der Waals surface area contributed by atoms with Crippen LogP contribution in [0.25, 0.3) is 0 Å². The molecule has 1 aliphatic heterocycles. The molecule has 138 valence electrons. The Morgan fingerprint density at radius 1 is 1.31 bits per heavy atom. The van der Waals surface area contributed by atoms with Crippen molar-refractivity contribution in [2.75, 3.05) is 7.11 Å². The Morgan fingerprint density at radius 3 is 2.69 bits per heavy atom. The van der Waals surface area contributed by atoms with Crippen LogP contribution in [0.5, 0.6) is 11.5 Å². The highest BCUT2D eigenvalue weighted by atomic mass is 35.5. The van der Waals surface area contributed by atoms with Crippen molar-refractivity contribution in [1.29, 1.82) is 0 Å². The second-order valence-electron chi connectivity index (χ2n) is 6.84. The van der Waals surface area contributed by atoms with Gasteiger partial charge in [-0.25, -0.2) is 9.19 Å². The summed E-state index contributed by atoms with van der Waals surface area (Å²) in [6.45, 7) is 5.68. The second kappa shape index (κ2) is 7.32. The normalized spacial score (nSPS) is 19.6. The number of nitrogens with zero attached hydrogens (tertiary/aromatic N) is 3. The molecule has 0 saturated carbocycles. The average Bonchev–Trinajstić information content (AvgIpc) is 2.60. The first kappa shape index (κ1) is 18.8. The van der Waals surface area contributed by atoms with Gasteiger partial charge in [-0.2, -0.15) is 4.40 Å². The Morgan fingerprint density at radius 2 is 2.08 bits per heavy atom. The summed E-state index contributed by atoms with van der Waals surface area (Å²) in [7, 11) is 0.213. The summed E-state index contributed by atoms with van der Waals surface area (Å²) in [5.74, 6) is 1.28. The molecule has 0 N–H and O–H groups in total. The highest BCUT2D eigenvalue weighted by molar-refractivity contribution is 7.85. The van der Waals surface area contributed by atoms with Crippen molar-refractivity contribution in [2.45, 2.75) is 38.0 Å². The first-order valence-corrected chi connectivity index (χ1v) is 9.58. The standard InChI is InChI=1S/C18H20ClN3O3S/c1-18(2,3)26(23)22-13-8-16(14-9-21-17(19)10-20-14)25-15-7-11(24-4)5-6-12(13)15/h5-7,9-10,16H,8H2,1-4H3/b22-13+/t16-,26+/m1/s1. The Balaban J connectivity index is 2.04. The molecule has 1 aromatic heterocycles. The van der Waals surface area contributed by atoms with Crippen molar-refractivity contribution < 1.29 is 13.7 Å². The molecule has 0 fully saturated rings. The van der Waals surface area contributed by atoms with Crippen molar-refractivity contribution in [2.24, 2.45) is 4.40 Å². The highest BCUT2D eigenvalue weighted by Gasteiger charge is 2.30. The van der Waals surface area contributed by atoms with E-state index in [-0.39, 0.29) is 0 Å². The lowest BCUT2D eigenvalue weighted by Crippen LogP contribution is -2.25. The van der Waals surface area contributed by atoms with E-state index in [9.17, 15) is 4.21 Å². The minimum absolute atomic E-state index is 0.314. The monoisotopic (exact) mass is 393 g/mol. The summed E-state index contributed by atoms with van der Waals surface area (Å²) in [5, 5.41) is 0.314. The molecule has 0 amide bonds. The van der Waals surface area contributed by atoms with Crippen LogP contribution < -0.4 is 9.47 Å². The molecule has 3 rings (SSSR count). The van der Waals surface area contributed by atoms with Gasteiger partial charge in [0.1, 0.15) is 33.7 Å². The molecule has 2 atom stereocenters. The van der Waals surface area contributed by atoms with Crippen LogP contribution in [0.2, 0.25) is 5.15 Å². The van der Waals surface area contributed by atoms with E-state index >= 15 is 0 Å². The summed E-state index contributed by atoms with van der Waals surface area (Å²) in [4.78, 5) is 8.37. The van der Waals surface area contributed by atoms with Gasteiger partial charge in [0, 0.05) is 18.1 Å². The zero-order valence-corrected chi connectivity index (χ0v) is 16.6. The number of methoxy groups -OCH3 is 1. The minimum atomic E-state index is -1.38. The summed E-state index contributed by atoms with van der Waals surface area (Å²) < 4.78 is 28.0. The van der Waals surface area contributed by atoms with E-state index in [1.54, 1.807) is 19.4 Å². The van der Waals surface area contributed by atoms with Crippen molar-refractivity contribution >= 4 is 28.3 Å². The van der Waals surface area contributed by atoms with Crippen LogP contribution in [0.1, 0.15) is 44.6 Å². The first-order chi connectivity index (χ1) is 12.3. The van der Waals surface area contributed by atoms with Gasteiger partial charge in [0.25, 0.3) is 0 Å². The number of ether oxygens (including phenoxy) is 2. The largest absolute Gasteiger partial charge is 0.497 e. The molecule has 8 heteroatoms. The van der Waals surface area contributed by atoms with E-state index in [2.05, 4.69) is 14.4 Å². The lowest BCUT2D eigenvalue weighted by Gasteiger charge is -2.27. The fourth-order valence-corrected chi connectivity index (χ4v) is 3.17. The molecule has 0 bridgehead atoms.